The highest BCUT2D eigenvalue weighted by Crippen LogP contribution is 2.17. The summed E-state index contributed by atoms with van der Waals surface area (Å²) in [6.45, 7) is 2.83. The fourth-order valence-electron chi connectivity index (χ4n) is 3.62. The minimum atomic E-state index is 0.115. The van der Waals surface area contributed by atoms with Crippen molar-refractivity contribution in [2.45, 2.75) is 64.7 Å². The van der Waals surface area contributed by atoms with Crippen LogP contribution in [0.1, 0.15) is 63.9 Å². The summed E-state index contributed by atoms with van der Waals surface area (Å²) in [5.74, 6) is 0.115. The molecule has 186 valence electrons. The first-order chi connectivity index (χ1) is 17.3. The number of hydrogen-bond acceptors (Lipinski definition) is 1. The highest BCUT2D eigenvalue weighted by Gasteiger charge is 2.04. The Balaban J connectivity index is 1.44. The van der Waals surface area contributed by atoms with Crippen LogP contribution in [0, 0.1) is 0 Å². The first-order valence-corrected chi connectivity index (χ1v) is 13.0. The minimum Gasteiger partial charge on any atom is -0.361 e. The van der Waals surface area contributed by atoms with E-state index in [9.17, 15) is 4.79 Å². The Morgan fingerprint density at radius 1 is 0.771 bits per heavy atom. The van der Waals surface area contributed by atoms with Crippen molar-refractivity contribution in [3.8, 4) is 0 Å². The molecule has 0 aliphatic carbocycles. The van der Waals surface area contributed by atoms with Crippen molar-refractivity contribution in [2.75, 3.05) is 6.54 Å². The SMILES string of the molecule is CC/C=C\C/C=C\C/C=C\C/C=C\C/C=C\C/C=C\CCC(=O)NCCc1c[nH]c2ccccc12. The van der Waals surface area contributed by atoms with Gasteiger partial charge in [0.05, 0.1) is 0 Å². The van der Waals surface area contributed by atoms with Gasteiger partial charge < -0.3 is 10.3 Å². The Bertz CT molecular complexity index is 1020. The summed E-state index contributed by atoms with van der Waals surface area (Å²) in [5, 5.41) is 4.26. The largest absolute Gasteiger partial charge is 0.361 e. The van der Waals surface area contributed by atoms with Gasteiger partial charge in [-0.1, -0.05) is 98.0 Å². The van der Waals surface area contributed by atoms with Gasteiger partial charge in [-0.25, -0.2) is 0 Å². The average Bonchev–Trinajstić information content (AvgIpc) is 3.28. The molecule has 3 nitrogen and oxygen atoms in total. The van der Waals surface area contributed by atoms with Crippen molar-refractivity contribution in [3.05, 3.63) is 109 Å². The van der Waals surface area contributed by atoms with E-state index < -0.39 is 0 Å². The lowest BCUT2D eigenvalue weighted by Crippen LogP contribution is -2.25. The molecule has 35 heavy (non-hydrogen) atoms. The minimum absolute atomic E-state index is 0.115. The quantitative estimate of drug-likeness (QED) is 0.224. The van der Waals surface area contributed by atoms with Crippen LogP contribution in [0.5, 0.6) is 0 Å². The van der Waals surface area contributed by atoms with Gasteiger partial charge in [-0.3, -0.25) is 4.79 Å². The molecule has 0 aliphatic rings. The predicted octanol–water partition coefficient (Wildman–Crippen LogP) is 8.30. The summed E-state index contributed by atoms with van der Waals surface area (Å²) in [6.07, 6.45) is 36.5. The number of aromatic amines is 1. The molecule has 0 saturated heterocycles. The summed E-state index contributed by atoms with van der Waals surface area (Å²) in [5.41, 5.74) is 2.39. The summed E-state index contributed by atoms with van der Waals surface area (Å²) < 4.78 is 0. The number of amides is 1. The van der Waals surface area contributed by atoms with Crippen molar-refractivity contribution >= 4 is 16.8 Å². The lowest BCUT2D eigenvalue weighted by Gasteiger charge is -2.03. The number of H-pyrrole nitrogens is 1. The van der Waals surface area contributed by atoms with Gasteiger partial charge in [0.15, 0.2) is 0 Å². The number of aromatic nitrogens is 1. The smallest absolute Gasteiger partial charge is 0.220 e. The van der Waals surface area contributed by atoms with Crippen LogP contribution in [0.2, 0.25) is 0 Å². The fraction of sp³-hybridized carbons (Fsp3) is 0.344. The van der Waals surface area contributed by atoms with Gasteiger partial charge in [0.1, 0.15) is 0 Å². The van der Waals surface area contributed by atoms with E-state index in [2.05, 4.69) is 102 Å². The number of benzene rings is 1. The van der Waals surface area contributed by atoms with E-state index >= 15 is 0 Å². The van der Waals surface area contributed by atoms with Crippen molar-refractivity contribution in [3.63, 3.8) is 0 Å². The molecule has 1 aromatic carbocycles. The third kappa shape index (κ3) is 13.2. The van der Waals surface area contributed by atoms with Gasteiger partial charge in [0.25, 0.3) is 0 Å². The monoisotopic (exact) mass is 470 g/mol. The normalized spacial score (nSPS) is 12.7. The van der Waals surface area contributed by atoms with E-state index in [4.69, 9.17) is 0 Å². The molecule has 0 unspecified atom stereocenters. The van der Waals surface area contributed by atoms with Crippen LogP contribution in [-0.4, -0.2) is 17.4 Å². The molecule has 0 radical (unpaired) electrons. The van der Waals surface area contributed by atoms with E-state index in [0.717, 1.165) is 56.9 Å². The molecule has 3 heteroatoms. The van der Waals surface area contributed by atoms with Gasteiger partial charge in [-0.2, -0.15) is 0 Å². The molecule has 0 saturated carbocycles. The van der Waals surface area contributed by atoms with Crippen LogP contribution < -0.4 is 5.32 Å². The molecule has 0 aliphatic heterocycles. The zero-order valence-electron chi connectivity index (χ0n) is 21.3. The maximum absolute atomic E-state index is 12.0. The van der Waals surface area contributed by atoms with Crippen LogP contribution in [0.15, 0.2) is 103 Å². The zero-order valence-corrected chi connectivity index (χ0v) is 21.3. The van der Waals surface area contributed by atoms with Crippen molar-refractivity contribution in [2.24, 2.45) is 0 Å². The Morgan fingerprint density at radius 3 is 1.91 bits per heavy atom. The molecule has 1 amide bonds. The molecule has 0 fully saturated rings. The maximum Gasteiger partial charge on any atom is 0.220 e. The van der Waals surface area contributed by atoms with E-state index in [1.165, 1.54) is 10.9 Å². The zero-order chi connectivity index (χ0) is 24.8. The van der Waals surface area contributed by atoms with Gasteiger partial charge in [-0.15, -0.1) is 0 Å². The lowest BCUT2D eigenvalue weighted by atomic mass is 10.1. The molecule has 1 heterocycles. The summed E-state index contributed by atoms with van der Waals surface area (Å²) in [7, 11) is 0. The second-order valence-electron chi connectivity index (χ2n) is 8.41. The van der Waals surface area contributed by atoms with Crippen LogP contribution in [-0.2, 0) is 11.2 Å². The standard InChI is InChI=1S/C32H42N2O/c1-2-3-4-5-6-7-8-9-10-11-12-13-14-15-16-17-18-19-20-25-32(35)33-27-26-29-28-34-31-24-22-21-23-30(29)31/h3-4,6-7,9-10,12-13,15-16,18-19,21-24,28,34H,2,5,8,11,14,17,20,25-27H2,1H3,(H,33,35)/b4-3-,7-6-,10-9-,13-12-,16-15-,19-18-. The van der Waals surface area contributed by atoms with E-state index in [1.807, 2.05) is 18.3 Å². The number of para-hydroxylation sites is 1. The summed E-state index contributed by atoms with van der Waals surface area (Å²) in [4.78, 5) is 15.3. The molecular weight excluding hydrogens is 428 g/mol. The highest BCUT2D eigenvalue weighted by molar-refractivity contribution is 5.83. The second kappa shape index (κ2) is 19.0. The van der Waals surface area contributed by atoms with Crippen LogP contribution >= 0.6 is 0 Å². The van der Waals surface area contributed by atoms with Crippen molar-refractivity contribution < 1.29 is 4.79 Å². The Morgan fingerprint density at radius 2 is 1.31 bits per heavy atom. The maximum atomic E-state index is 12.0. The highest BCUT2D eigenvalue weighted by atomic mass is 16.1. The van der Waals surface area contributed by atoms with E-state index in [1.54, 1.807) is 0 Å². The third-order valence-electron chi connectivity index (χ3n) is 5.53. The average molecular weight is 471 g/mol. The molecule has 1 aromatic heterocycles. The molecule has 0 spiro atoms. The van der Waals surface area contributed by atoms with Gasteiger partial charge in [-0.05, 0) is 63.0 Å². The number of carbonyl (C=O) groups is 1. The Labute approximate surface area is 212 Å². The first-order valence-electron chi connectivity index (χ1n) is 13.0. The Kier molecular flexibility index (Phi) is 15.2. The summed E-state index contributed by atoms with van der Waals surface area (Å²) in [6, 6.07) is 8.26. The molecule has 0 bridgehead atoms. The fourth-order valence-corrected chi connectivity index (χ4v) is 3.62. The molecule has 0 atom stereocenters. The number of nitrogens with one attached hydrogen (secondary N) is 2. The van der Waals surface area contributed by atoms with Gasteiger partial charge in [0.2, 0.25) is 5.91 Å². The van der Waals surface area contributed by atoms with Gasteiger partial charge in [0, 0.05) is 30.1 Å². The van der Waals surface area contributed by atoms with Crippen LogP contribution in [0.4, 0.5) is 0 Å². The van der Waals surface area contributed by atoms with Crippen molar-refractivity contribution in [1.29, 1.82) is 0 Å². The Hall–Kier alpha value is -3.33. The first kappa shape index (κ1) is 27.9. The molecular formula is C32H42N2O. The third-order valence-corrected chi connectivity index (χ3v) is 5.53. The van der Waals surface area contributed by atoms with E-state index in [-0.39, 0.29) is 5.91 Å². The van der Waals surface area contributed by atoms with Crippen molar-refractivity contribution in [1.82, 2.24) is 10.3 Å². The predicted molar refractivity (Wildman–Crippen MR) is 152 cm³/mol. The second-order valence-corrected chi connectivity index (χ2v) is 8.41. The van der Waals surface area contributed by atoms with Crippen LogP contribution in [0.25, 0.3) is 10.9 Å². The topological polar surface area (TPSA) is 44.9 Å². The van der Waals surface area contributed by atoms with E-state index in [0.29, 0.717) is 13.0 Å². The molecule has 2 N–H and O–H groups in total. The lowest BCUT2D eigenvalue weighted by molar-refractivity contribution is -0.120. The number of fused-ring (bicyclic) bond motifs is 1. The number of allylic oxidation sites excluding steroid dienone is 12. The number of hydrogen-bond donors (Lipinski definition) is 2. The molecule has 2 rings (SSSR count). The van der Waals surface area contributed by atoms with Gasteiger partial charge >= 0.3 is 0 Å². The number of rotatable bonds is 17. The van der Waals surface area contributed by atoms with Crippen LogP contribution in [0.3, 0.4) is 0 Å². The molecule has 2 aromatic rings. The number of carbonyl (C=O) groups excluding carboxylic acids is 1. The summed E-state index contributed by atoms with van der Waals surface area (Å²) >= 11 is 0.